The highest BCUT2D eigenvalue weighted by Gasteiger charge is 2.16. The molecule has 1 saturated heterocycles. The highest BCUT2D eigenvalue weighted by atomic mass is 32.1. The molecule has 9 heteroatoms. The molecule has 4 aromatic rings. The minimum absolute atomic E-state index is 0.248. The molecule has 0 radical (unpaired) electrons. The van der Waals surface area contributed by atoms with Gasteiger partial charge in [0.25, 0.3) is 0 Å². The van der Waals surface area contributed by atoms with Crippen molar-refractivity contribution in [3.63, 3.8) is 0 Å². The average Bonchev–Trinajstić information content (AvgIpc) is 2.95. The minimum atomic E-state index is 0.248. The number of benzene rings is 4. The van der Waals surface area contributed by atoms with Crippen molar-refractivity contribution >= 4 is 67.0 Å². The van der Waals surface area contributed by atoms with E-state index in [2.05, 4.69) is 75.9 Å². The largest absolute Gasteiger partial charge is 0.377 e. The lowest BCUT2D eigenvalue weighted by Crippen LogP contribution is -2.44. The van der Waals surface area contributed by atoms with E-state index in [9.17, 15) is 0 Å². The Bertz CT molecular complexity index is 1350. The maximum Gasteiger partial charge on any atom is 0.166 e. The van der Waals surface area contributed by atoms with Crippen LogP contribution in [0.1, 0.15) is 5.56 Å². The summed E-state index contributed by atoms with van der Waals surface area (Å²) in [5.41, 5.74) is 1.32. The zero-order valence-corrected chi connectivity index (χ0v) is 23.7. The van der Waals surface area contributed by atoms with Crippen LogP contribution in [-0.2, 0) is 20.6 Å². The topological polar surface area (TPSA) is 75.8 Å². The van der Waals surface area contributed by atoms with Crippen molar-refractivity contribution in [2.45, 2.75) is 6.42 Å². The van der Waals surface area contributed by atoms with E-state index in [1.807, 2.05) is 0 Å². The Labute approximate surface area is 240 Å². The Morgan fingerprint density at radius 1 is 0.590 bits per heavy atom. The fourth-order valence-corrected chi connectivity index (χ4v) is 5.49. The summed E-state index contributed by atoms with van der Waals surface area (Å²) in [4.78, 5) is 0. The van der Waals surface area contributed by atoms with Crippen LogP contribution in [0, 0.1) is 5.92 Å². The van der Waals surface area contributed by atoms with E-state index >= 15 is 0 Å². The van der Waals surface area contributed by atoms with Crippen LogP contribution in [0.3, 0.4) is 0 Å². The minimum Gasteiger partial charge on any atom is -0.377 e. The van der Waals surface area contributed by atoms with E-state index in [1.165, 1.54) is 37.9 Å². The Balaban J connectivity index is 1.31. The molecule has 39 heavy (non-hydrogen) atoms. The molecule has 0 amide bonds. The normalized spacial score (nSPS) is 18.4. The van der Waals surface area contributed by atoms with Gasteiger partial charge < -0.3 is 35.5 Å². The molecule has 1 aliphatic heterocycles. The molecule has 0 atom stereocenters. The van der Waals surface area contributed by atoms with Crippen LogP contribution in [0.5, 0.6) is 0 Å². The Morgan fingerprint density at radius 3 is 1.72 bits per heavy atom. The van der Waals surface area contributed by atoms with Crippen molar-refractivity contribution in [2.75, 3.05) is 65.8 Å². The number of ether oxygens (including phenoxy) is 3. The lowest BCUT2D eigenvalue weighted by Gasteiger charge is -2.22. The molecule has 1 aliphatic rings. The number of hydrogen-bond donors (Lipinski definition) is 4. The quantitative estimate of drug-likeness (QED) is 0.215. The molecule has 7 nitrogen and oxygen atoms in total. The van der Waals surface area contributed by atoms with E-state index < -0.39 is 0 Å². The van der Waals surface area contributed by atoms with Crippen LogP contribution in [-0.4, -0.2) is 76.0 Å². The molecule has 0 bridgehead atoms. The fourth-order valence-electron chi connectivity index (χ4n) is 5.12. The van der Waals surface area contributed by atoms with Crippen LogP contribution in [0.2, 0.25) is 0 Å². The van der Waals surface area contributed by atoms with Gasteiger partial charge in [-0.3, -0.25) is 0 Å². The summed E-state index contributed by atoms with van der Waals surface area (Å²) in [5, 5.41) is 22.4. The molecule has 5 rings (SSSR count). The molecule has 0 saturated carbocycles. The van der Waals surface area contributed by atoms with Crippen LogP contribution in [0.15, 0.2) is 54.6 Å². The van der Waals surface area contributed by atoms with Gasteiger partial charge >= 0.3 is 0 Å². The zero-order valence-electron chi connectivity index (χ0n) is 22.1. The number of rotatable bonds is 2. The van der Waals surface area contributed by atoms with E-state index in [4.69, 9.17) is 38.6 Å². The van der Waals surface area contributed by atoms with E-state index in [1.54, 1.807) is 0 Å². The second kappa shape index (κ2) is 14.0. The lowest BCUT2D eigenvalue weighted by atomic mass is 9.89. The molecule has 4 N–H and O–H groups in total. The molecule has 0 unspecified atom stereocenters. The van der Waals surface area contributed by atoms with Crippen LogP contribution in [0.25, 0.3) is 32.3 Å². The van der Waals surface area contributed by atoms with Crippen molar-refractivity contribution < 1.29 is 14.2 Å². The zero-order chi connectivity index (χ0) is 26.9. The van der Waals surface area contributed by atoms with Gasteiger partial charge in [0, 0.05) is 26.2 Å². The third-order valence-electron chi connectivity index (χ3n) is 7.04. The second-order valence-electron chi connectivity index (χ2n) is 9.76. The van der Waals surface area contributed by atoms with Crippen molar-refractivity contribution in [1.82, 2.24) is 21.3 Å². The number of hydrogen-bond acceptors (Lipinski definition) is 5. The van der Waals surface area contributed by atoms with Crippen LogP contribution in [0.4, 0.5) is 0 Å². The molecule has 0 aromatic heterocycles. The van der Waals surface area contributed by atoms with E-state index in [0.29, 0.717) is 76.0 Å². The van der Waals surface area contributed by atoms with Gasteiger partial charge in [-0.2, -0.15) is 0 Å². The molecular weight excluding hydrogens is 528 g/mol. The lowest BCUT2D eigenvalue weighted by molar-refractivity contribution is 0.0166. The molecular formula is C30H36N4O3S2. The average molecular weight is 565 g/mol. The molecule has 1 heterocycles. The molecule has 1 fully saturated rings. The number of nitrogens with one attached hydrogen (secondary N) is 4. The van der Waals surface area contributed by atoms with Crippen LogP contribution < -0.4 is 21.3 Å². The summed E-state index contributed by atoms with van der Waals surface area (Å²) < 4.78 is 16.7. The highest BCUT2D eigenvalue weighted by Crippen LogP contribution is 2.36. The van der Waals surface area contributed by atoms with Gasteiger partial charge in [0.05, 0.1) is 39.6 Å². The van der Waals surface area contributed by atoms with Gasteiger partial charge in [0.2, 0.25) is 0 Å². The first-order valence-corrected chi connectivity index (χ1v) is 14.4. The molecule has 0 spiro atoms. The van der Waals surface area contributed by atoms with Crippen molar-refractivity contribution in [2.24, 2.45) is 5.92 Å². The van der Waals surface area contributed by atoms with Gasteiger partial charge in [0.1, 0.15) is 0 Å². The molecule has 0 aliphatic carbocycles. The predicted molar refractivity (Wildman–Crippen MR) is 167 cm³/mol. The summed E-state index contributed by atoms with van der Waals surface area (Å²) in [6.45, 7) is 6.01. The van der Waals surface area contributed by atoms with Gasteiger partial charge in [-0.1, -0.05) is 54.6 Å². The monoisotopic (exact) mass is 564 g/mol. The Morgan fingerprint density at radius 2 is 1.10 bits per heavy atom. The number of thiocarbonyl (C=S) groups is 2. The second-order valence-corrected chi connectivity index (χ2v) is 10.6. The summed E-state index contributed by atoms with van der Waals surface area (Å²) in [5.74, 6) is 0.248. The SMILES string of the molecule is S=C1NCCOCCOCCOCCNC(=S)NCC(Cc2ccc3ccc4cccc5ccc2c3c45)CN1. The van der Waals surface area contributed by atoms with Gasteiger partial charge in [-0.05, 0) is 74.7 Å². The van der Waals surface area contributed by atoms with Crippen molar-refractivity contribution in [1.29, 1.82) is 0 Å². The highest BCUT2D eigenvalue weighted by molar-refractivity contribution is 7.80. The molecule has 4 aromatic carbocycles. The summed E-state index contributed by atoms with van der Waals surface area (Å²) in [6, 6.07) is 20.0. The van der Waals surface area contributed by atoms with Gasteiger partial charge in [-0.15, -0.1) is 0 Å². The third kappa shape index (κ3) is 7.43. The predicted octanol–water partition coefficient (Wildman–Crippen LogP) is 3.73. The maximum atomic E-state index is 5.62. The summed E-state index contributed by atoms with van der Waals surface area (Å²) in [6.07, 6.45) is 0.881. The van der Waals surface area contributed by atoms with Gasteiger partial charge in [0.15, 0.2) is 10.2 Å². The van der Waals surface area contributed by atoms with Gasteiger partial charge in [-0.25, -0.2) is 0 Å². The van der Waals surface area contributed by atoms with Crippen molar-refractivity contribution in [3.05, 3.63) is 60.2 Å². The van der Waals surface area contributed by atoms with Crippen LogP contribution >= 0.6 is 24.4 Å². The Hall–Kier alpha value is -2.82. The molecule has 206 valence electrons. The van der Waals surface area contributed by atoms with E-state index in [0.717, 1.165) is 6.42 Å². The van der Waals surface area contributed by atoms with E-state index in [-0.39, 0.29) is 5.92 Å². The first-order valence-electron chi connectivity index (χ1n) is 13.6. The Kier molecular flexibility index (Phi) is 9.96. The third-order valence-corrected chi connectivity index (χ3v) is 7.62. The maximum absolute atomic E-state index is 5.62. The fraction of sp³-hybridized carbons (Fsp3) is 0.400. The standard InChI is InChI=1S/C30H36N4O3S2/c38-29-31-10-12-35-14-16-37-17-15-36-13-11-32-30(39)34-20-21(19-33-29)18-25-7-6-24-5-4-22-2-1-3-23-8-9-26(25)28(24)27(22)23/h1-9,21H,10-20H2,(H2,31,33,38)(H2,32,34,39). The smallest absolute Gasteiger partial charge is 0.166 e. The first-order chi connectivity index (χ1) is 19.2. The first kappa shape index (κ1) is 27.7. The van der Waals surface area contributed by atoms with Crippen molar-refractivity contribution in [3.8, 4) is 0 Å². The summed E-state index contributed by atoms with van der Waals surface area (Å²) >= 11 is 11.1. The summed E-state index contributed by atoms with van der Waals surface area (Å²) in [7, 11) is 0.